The minimum atomic E-state index is -1.00. The molecule has 0 spiro atoms. The van der Waals surface area contributed by atoms with Crippen molar-refractivity contribution in [1.82, 2.24) is 19.6 Å². The summed E-state index contributed by atoms with van der Waals surface area (Å²) < 4.78 is 5.39. The van der Waals surface area contributed by atoms with E-state index in [0.717, 1.165) is 0 Å². The summed E-state index contributed by atoms with van der Waals surface area (Å²) in [7, 11) is 0. The van der Waals surface area contributed by atoms with E-state index in [4.69, 9.17) is 9.84 Å². The van der Waals surface area contributed by atoms with Crippen molar-refractivity contribution in [2.24, 2.45) is 0 Å². The van der Waals surface area contributed by atoms with Crippen molar-refractivity contribution in [2.45, 2.75) is 26.4 Å². The number of esters is 1. The molecule has 0 bridgehead atoms. The summed E-state index contributed by atoms with van der Waals surface area (Å²) in [5.41, 5.74) is -0.637. The van der Waals surface area contributed by atoms with Gasteiger partial charge < -0.3 is 20.1 Å². The van der Waals surface area contributed by atoms with Crippen molar-refractivity contribution in [3.05, 3.63) is 0 Å². The summed E-state index contributed by atoms with van der Waals surface area (Å²) in [6.07, 6.45) is 0. The number of hydrogen-bond donors (Lipinski definition) is 3. The van der Waals surface area contributed by atoms with Crippen LogP contribution in [0.25, 0.3) is 0 Å². The van der Waals surface area contributed by atoms with Gasteiger partial charge in [-0.2, -0.15) is 0 Å². The summed E-state index contributed by atoms with van der Waals surface area (Å²) >= 11 is 0. The smallest absolute Gasteiger partial charge is 0.320 e. The molecule has 0 aromatic rings. The van der Waals surface area contributed by atoms with Crippen LogP contribution in [0, 0.1) is 0 Å². The Morgan fingerprint density at radius 3 is 1.06 bits per heavy atom. The van der Waals surface area contributed by atoms with Crippen molar-refractivity contribution >= 4 is 36.3 Å². The Balaban J connectivity index is 0.0000102. The maximum absolute atomic E-state index is 12.3. The standard InChI is InChI=1S/C20H36N4O8.ClH/c1-20(2,3)32-19(31)15-24-10-8-22(13-17(27)28)6-4-21(12-16(25)26)5-7-23(9-11-24)14-18(29)30;/h4-15H2,1-3H3,(H,25,26)(H,27,28)(H,29,30);1H. The van der Waals surface area contributed by atoms with Gasteiger partial charge in [-0.3, -0.25) is 38.8 Å². The van der Waals surface area contributed by atoms with E-state index in [-0.39, 0.29) is 38.6 Å². The molecule has 0 aromatic heterocycles. The zero-order valence-electron chi connectivity index (χ0n) is 19.6. The highest BCUT2D eigenvalue weighted by Crippen LogP contribution is 2.08. The predicted molar refractivity (Wildman–Crippen MR) is 122 cm³/mol. The van der Waals surface area contributed by atoms with Crippen LogP contribution in [0.15, 0.2) is 0 Å². The van der Waals surface area contributed by atoms with Gasteiger partial charge >= 0.3 is 23.9 Å². The number of carbonyl (C=O) groups is 4. The predicted octanol–water partition coefficient (Wildman–Crippen LogP) is -0.775. The zero-order chi connectivity index (χ0) is 24.3. The van der Waals surface area contributed by atoms with Crippen LogP contribution in [-0.2, 0) is 23.9 Å². The second-order valence-corrected chi connectivity index (χ2v) is 8.87. The number of carboxylic acid groups (broad SMARTS) is 3. The summed E-state index contributed by atoms with van der Waals surface area (Å²) in [4.78, 5) is 53.0. The average Bonchev–Trinajstić information content (AvgIpc) is 2.61. The van der Waals surface area contributed by atoms with Crippen LogP contribution in [0.3, 0.4) is 0 Å². The molecule has 0 atom stereocenters. The van der Waals surface area contributed by atoms with E-state index in [9.17, 15) is 29.4 Å². The Hall–Kier alpha value is -1.99. The molecule has 1 aliphatic heterocycles. The highest BCUT2D eigenvalue weighted by molar-refractivity contribution is 5.85. The molecule has 1 heterocycles. The number of aliphatic carboxylic acids is 3. The maximum Gasteiger partial charge on any atom is 0.320 e. The number of rotatable bonds is 8. The molecule has 13 heteroatoms. The van der Waals surface area contributed by atoms with Gasteiger partial charge in [-0.15, -0.1) is 12.4 Å². The molecule has 0 amide bonds. The lowest BCUT2D eigenvalue weighted by Crippen LogP contribution is -2.49. The van der Waals surface area contributed by atoms with Crippen molar-refractivity contribution < 1.29 is 39.2 Å². The van der Waals surface area contributed by atoms with Crippen molar-refractivity contribution in [2.75, 3.05) is 78.5 Å². The molecule has 0 aliphatic carbocycles. The van der Waals surface area contributed by atoms with Gasteiger partial charge in [0.2, 0.25) is 0 Å². The molecule has 0 aromatic carbocycles. The maximum atomic E-state index is 12.3. The van der Waals surface area contributed by atoms with Crippen LogP contribution < -0.4 is 0 Å². The largest absolute Gasteiger partial charge is 0.480 e. The molecule has 0 unspecified atom stereocenters. The zero-order valence-corrected chi connectivity index (χ0v) is 20.4. The number of carbonyl (C=O) groups excluding carboxylic acids is 1. The second kappa shape index (κ2) is 15.0. The van der Waals surface area contributed by atoms with E-state index in [2.05, 4.69) is 0 Å². The first-order valence-corrected chi connectivity index (χ1v) is 10.6. The van der Waals surface area contributed by atoms with Crippen LogP contribution >= 0.6 is 12.4 Å². The van der Waals surface area contributed by atoms with Crippen LogP contribution in [0.4, 0.5) is 0 Å². The Labute approximate surface area is 200 Å². The monoisotopic (exact) mass is 496 g/mol. The normalized spacial score (nSPS) is 18.4. The third kappa shape index (κ3) is 15.5. The van der Waals surface area contributed by atoms with Crippen molar-refractivity contribution in [3.8, 4) is 0 Å². The molecule has 1 saturated heterocycles. The minimum absolute atomic E-state index is 0. The molecule has 192 valence electrons. The third-order valence-electron chi connectivity index (χ3n) is 4.78. The quantitative estimate of drug-likeness (QED) is 0.361. The molecular formula is C20H37ClN4O8. The Kier molecular flexibility index (Phi) is 14.1. The molecule has 0 radical (unpaired) electrons. The minimum Gasteiger partial charge on any atom is -0.480 e. The van der Waals surface area contributed by atoms with Crippen LogP contribution in [0.5, 0.6) is 0 Å². The first-order valence-electron chi connectivity index (χ1n) is 10.6. The summed E-state index contributed by atoms with van der Waals surface area (Å²) in [6, 6.07) is 0. The van der Waals surface area contributed by atoms with E-state index in [1.54, 1.807) is 35.5 Å². The number of carboxylic acids is 3. The lowest BCUT2D eigenvalue weighted by atomic mass is 10.2. The van der Waals surface area contributed by atoms with E-state index in [1.807, 2.05) is 4.90 Å². The van der Waals surface area contributed by atoms with Gasteiger partial charge in [-0.05, 0) is 20.8 Å². The number of nitrogens with zero attached hydrogens (tertiary/aromatic N) is 4. The van der Waals surface area contributed by atoms with Crippen LogP contribution in [0.1, 0.15) is 20.8 Å². The topological polar surface area (TPSA) is 151 Å². The SMILES string of the molecule is CC(C)(C)OC(=O)CN1CCN(CC(=O)O)CCN(CC(=O)O)CCN(CC(=O)O)CC1.Cl. The lowest BCUT2D eigenvalue weighted by Gasteiger charge is -2.33. The fourth-order valence-electron chi connectivity index (χ4n) is 3.34. The van der Waals surface area contributed by atoms with E-state index < -0.39 is 29.5 Å². The van der Waals surface area contributed by atoms with Crippen molar-refractivity contribution in [3.63, 3.8) is 0 Å². The number of ether oxygens (including phenoxy) is 1. The molecule has 33 heavy (non-hydrogen) atoms. The average molecular weight is 497 g/mol. The Morgan fingerprint density at radius 1 is 0.606 bits per heavy atom. The molecule has 1 rings (SSSR count). The van der Waals surface area contributed by atoms with Gasteiger partial charge in [-0.25, -0.2) is 0 Å². The number of halogens is 1. The molecule has 12 nitrogen and oxygen atoms in total. The summed E-state index contributed by atoms with van der Waals surface area (Å²) in [5.74, 6) is -3.40. The van der Waals surface area contributed by atoms with E-state index in [1.165, 1.54) is 0 Å². The second-order valence-electron chi connectivity index (χ2n) is 8.87. The van der Waals surface area contributed by atoms with Gasteiger partial charge in [0.25, 0.3) is 0 Å². The first kappa shape index (κ1) is 31.0. The van der Waals surface area contributed by atoms with Gasteiger partial charge in [0, 0.05) is 52.4 Å². The highest BCUT2D eigenvalue weighted by atomic mass is 35.5. The van der Waals surface area contributed by atoms with E-state index >= 15 is 0 Å². The molecule has 3 N–H and O–H groups in total. The van der Waals surface area contributed by atoms with Gasteiger partial charge in [0.05, 0.1) is 26.2 Å². The first-order chi connectivity index (χ1) is 14.8. The fraction of sp³-hybridized carbons (Fsp3) is 0.800. The van der Waals surface area contributed by atoms with Gasteiger partial charge in [0.1, 0.15) is 5.60 Å². The Bertz CT molecular complexity index is 626. The third-order valence-corrected chi connectivity index (χ3v) is 4.78. The summed E-state index contributed by atoms with van der Waals surface area (Å²) in [6.45, 7) is 7.49. The summed E-state index contributed by atoms with van der Waals surface area (Å²) in [5, 5.41) is 27.6. The highest BCUT2D eigenvalue weighted by Gasteiger charge is 2.23. The molecule has 1 fully saturated rings. The molecular weight excluding hydrogens is 460 g/mol. The van der Waals surface area contributed by atoms with Gasteiger partial charge in [-0.1, -0.05) is 0 Å². The fourth-order valence-corrected chi connectivity index (χ4v) is 3.34. The van der Waals surface area contributed by atoms with Crippen LogP contribution in [0.2, 0.25) is 0 Å². The molecule has 1 aliphatic rings. The Morgan fingerprint density at radius 2 is 0.848 bits per heavy atom. The van der Waals surface area contributed by atoms with E-state index in [0.29, 0.717) is 52.4 Å². The van der Waals surface area contributed by atoms with Crippen molar-refractivity contribution in [1.29, 1.82) is 0 Å². The molecule has 0 saturated carbocycles. The van der Waals surface area contributed by atoms with Crippen LogP contribution in [-0.4, -0.2) is 143 Å². The van der Waals surface area contributed by atoms with Gasteiger partial charge in [0.15, 0.2) is 0 Å². The lowest BCUT2D eigenvalue weighted by molar-refractivity contribution is -0.156. The number of hydrogen-bond acceptors (Lipinski definition) is 9.